The summed E-state index contributed by atoms with van der Waals surface area (Å²) in [6.45, 7) is 3.92. The number of rotatable bonds is 3. The number of hydrazine groups is 1. The van der Waals surface area contributed by atoms with Gasteiger partial charge >= 0.3 is 0 Å². The fraction of sp³-hybridized carbons (Fsp3) is 0.188. The second-order valence-corrected chi connectivity index (χ2v) is 4.96. The summed E-state index contributed by atoms with van der Waals surface area (Å²) in [6.07, 6.45) is 0. The summed E-state index contributed by atoms with van der Waals surface area (Å²) in [4.78, 5) is 14.1. The molecule has 0 radical (unpaired) electrons. The number of nitrogens with one attached hydrogen (secondary N) is 1. The first-order chi connectivity index (χ1) is 9.95. The SMILES string of the molecule is Cc1ccc(N(C)C(=O)c2cccc(F)c2NN)c(C)c1. The van der Waals surface area contributed by atoms with Gasteiger partial charge in [0.1, 0.15) is 5.82 Å². The zero-order valence-corrected chi connectivity index (χ0v) is 12.3. The van der Waals surface area contributed by atoms with Crippen LogP contribution in [0.3, 0.4) is 0 Å². The molecule has 5 heteroatoms. The number of amides is 1. The van der Waals surface area contributed by atoms with Gasteiger partial charge < -0.3 is 10.3 Å². The summed E-state index contributed by atoms with van der Waals surface area (Å²) in [6, 6.07) is 10.1. The first kappa shape index (κ1) is 15.0. The van der Waals surface area contributed by atoms with Crippen molar-refractivity contribution in [3.8, 4) is 0 Å². The summed E-state index contributed by atoms with van der Waals surface area (Å²) < 4.78 is 13.7. The molecule has 0 bridgehead atoms. The molecule has 21 heavy (non-hydrogen) atoms. The third-order valence-corrected chi connectivity index (χ3v) is 3.41. The van der Waals surface area contributed by atoms with E-state index >= 15 is 0 Å². The molecule has 0 atom stereocenters. The number of nitrogen functional groups attached to an aromatic ring is 1. The first-order valence-electron chi connectivity index (χ1n) is 6.56. The second kappa shape index (κ2) is 5.93. The summed E-state index contributed by atoms with van der Waals surface area (Å²) in [7, 11) is 1.66. The van der Waals surface area contributed by atoms with Crippen LogP contribution < -0.4 is 16.2 Å². The van der Waals surface area contributed by atoms with E-state index in [0.717, 1.165) is 16.8 Å². The molecule has 0 saturated heterocycles. The lowest BCUT2D eigenvalue weighted by Crippen LogP contribution is -2.28. The van der Waals surface area contributed by atoms with Crippen LogP contribution in [0.2, 0.25) is 0 Å². The molecule has 0 aliphatic carbocycles. The predicted octanol–water partition coefficient (Wildman–Crippen LogP) is 3.00. The van der Waals surface area contributed by atoms with E-state index in [9.17, 15) is 9.18 Å². The number of carbonyl (C=O) groups excluding carboxylic acids is 1. The van der Waals surface area contributed by atoms with Crippen LogP contribution in [0.15, 0.2) is 36.4 Å². The summed E-state index contributed by atoms with van der Waals surface area (Å²) >= 11 is 0. The number of carbonyl (C=O) groups is 1. The highest BCUT2D eigenvalue weighted by atomic mass is 19.1. The van der Waals surface area contributed by atoms with Crippen molar-refractivity contribution in [3.05, 3.63) is 58.9 Å². The van der Waals surface area contributed by atoms with E-state index in [1.165, 1.54) is 17.0 Å². The van der Waals surface area contributed by atoms with Crippen LogP contribution in [0.5, 0.6) is 0 Å². The van der Waals surface area contributed by atoms with Gasteiger partial charge in [0.15, 0.2) is 0 Å². The molecule has 0 aromatic heterocycles. The van der Waals surface area contributed by atoms with Gasteiger partial charge in [-0.15, -0.1) is 0 Å². The van der Waals surface area contributed by atoms with Crippen molar-refractivity contribution in [2.75, 3.05) is 17.4 Å². The molecular formula is C16H18FN3O. The Morgan fingerprint density at radius 1 is 1.24 bits per heavy atom. The Hall–Kier alpha value is -2.40. The highest BCUT2D eigenvalue weighted by Gasteiger charge is 2.20. The van der Waals surface area contributed by atoms with Crippen molar-refractivity contribution >= 4 is 17.3 Å². The van der Waals surface area contributed by atoms with Crippen LogP contribution in [-0.4, -0.2) is 13.0 Å². The number of para-hydroxylation sites is 1. The van der Waals surface area contributed by atoms with Gasteiger partial charge in [-0.25, -0.2) is 4.39 Å². The van der Waals surface area contributed by atoms with Gasteiger partial charge in [0.25, 0.3) is 5.91 Å². The number of halogens is 1. The molecule has 3 N–H and O–H groups in total. The lowest BCUT2D eigenvalue weighted by molar-refractivity contribution is 0.0993. The van der Waals surface area contributed by atoms with Crippen molar-refractivity contribution in [1.29, 1.82) is 0 Å². The summed E-state index contributed by atoms with van der Waals surface area (Å²) in [5.74, 6) is 4.43. The molecule has 0 saturated carbocycles. The monoisotopic (exact) mass is 287 g/mol. The number of nitrogens with zero attached hydrogens (tertiary/aromatic N) is 1. The molecule has 4 nitrogen and oxygen atoms in total. The third-order valence-electron chi connectivity index (χ3n) is 3.41. The summed E-state index contributed by atoms with van der Waals surface area (Å²) in [5, 5.41) is 0. The Labute approximate surface area is 123 Å². The third kappa shape index (κ3) is 2.87. The number of hydrogen-bond donors (Lipinski definition) is 2. The molecule has 1 amide bonds. The average molecular weight is 287 g/mol. The van der Waals surface area contributed by atoms with Gasteiger partial charge in [0.2, 0.25) is 0 Å². The molecule has 0 aliphatic heterocycles. The molecule has 0 fully saturated rings. The normalized spacial score (nSPS) is 10.3. The Morgan fingerprint density at radius 3 is 2.57 bits per heavy atom. The van der Waals surface area contributed by atoms with E-state index in [0.29, 0.717) is 0 Å². The van der Waals surface area contributed by atoms with Crippen molar-refractivity contribution < 1.29 is 9.18 Å². The van der Waals surface area contributed by atoms with Gasteiger partial charge in [-0.1, -0.05) is 23.8 Å². The van der Waals surface area contributed by atoms with Crippen LogP contribution in [0.25, 0.3) is 0 Å². The van der Waals surface area contributed by atoms with Gasteiger partial charge in [-0.3, -0.25) is 10.6 Å². The highest BCUT2D eigenvalue weighted by molar-refractivity contribution is 6.09. The van der Waals surface area contributed by atoms with Gasteiger partial charge in [-0.05, 0) is 37.6 Å². The van der Waals surface area contributed by atoms with Gasteiger partial charge in [0, 0.05) is 12.7 Å². The Morgan fingerprint density at radius 2 is 1.95 bits per heavy atom. The molecule has 0 unspecified atom stereocenters. The minimum absolute atomic E-state index is 0.000820. The van der Waals surface area contributed by atoms with Crippen LogP contribution in [0, 0.1) is 19.7 Å². The molecule has 2 rings (SSSR count). The molecule has 0 aliphatic rings. The topological polar surface area (TPSA) is 58.4 Å². The molecule has 2 aromatic carbocycles. The van der Waals surface area contributed by atoms with Crippen LogP contribution in [0.1, 0.15) is 21.5 Å². The van der Waals surface area contributed by atoms with Crippen molar-refractivity contribution in [3.63, 3.8) is 0 Å². The zero-order chi connectivity index (χ0) is 15.6. The second-order valence-electron chi connectivity index (χ2n) is 4.96. The lowest BCUT2D eigenvalue weighted by Gasteiger charge is -2.21. The van der Waals surface area contributed by atoms with Crippen molar-refractivity contribution in [1.82, 2.24) is 0 Å². The van der Waals surface area contributed by atoms with E-state index in [-0.39, 0.29) is 17.2 Å². The Kier molecular flexibility index (Phi) is 4.23. The van der Waals surface area contributed by atoms with Gasteiger partial charge in [-0.2, -0.15) is 0 Å². The fourth-order valence-electron chi connectivity index (χ4n) is 2.32. The van der Waals surface area contributed by atoms with Crippen LogP contribution in [0.4, 0.5) is 15.8 Å². The van der Waals surface area contributed by atoms with Gasteiger partial charge in [0.05, 0.1) is 11.3 Å². The molecule has 2 aromatic rings. The van der Waals surface area contributed by atoms with E-state index in [1.54, 1.807) is 13.1 Å². The lowest BCUT2D eigenvalue weighted by atomic mass is 10.1. The minimum atomic E-state index is -0.558. The minimum Gasteiger partial charge on any atom is -0.321 e. The largest absolute Gasteiger partial charge is 0.321 e. The number of hydrogen-bond acceptors (Lipinski definition) is 3. The van der Waals surface area contributed by atoms with Crippen LogP contribution in [-0.2, 0) is 0 Å². The molecule has 110 valence electrons. The maximum Gasteiger partial charge on any atom is 0.260 e. The van der Waals surface area contributed by atoms with Crippen LogP contribution >= 0.6 is 0 Å². The Balaban J connectivity index is 2.42. The zero-order valence-electron chi connectivity index (χ0n) is 12.3. The number of aryl methyl sites for hydroxylation is 2. The first-order valence-corrected chi connectivity index (χ1v) is 6.56. The molecule has 0 heterocycles. The summed E-state index contributed by atoms with van der Waals surface area (Å²) in [5.41, 5.74) is 5.32. The van der Waals surface area contributed by atoms with E-state index in [1.807, 2.05) is 32.0 Å². The van der Waals surface area contributed by atoms with Crippen molar-refractivity contribution in [2.24, 2.45) is 5.84 Å². The van der Waals surface area contributed by atoms with E-state index in [4.69, 9.17) is 5.84 Å². The number of nitrogens with two attached hydrogens (primary N) is 1. The number of benzene rings is 2. The maximum absolute atomic E-state index is 13.7. The quantitative estimate of drug-likeness (QED) is 0.674. The van der Waals surface area contributed by atoms with Crippen molar-refractivity contribution in [2.45, 2.75) is 13.8 Å². The van der Waals surface area contributed by atoms with E-state index < -0.39 is 5.82 Å². The number of anilines is 2. The fourth-order valence-corrected chi connectivity index (χ4v) is 2.32. The van der Waals surface area contributed by atoms with E-state index in [2.05, 4.69) is 5.43 Å². The smallest absolute Gasteiger partial charge is 0.260 e. The molecular weight excluding hydrogens is 269 g/mol. The average Bonchev–Trinajstić information content (AvgIpc) is 2.45. The highest BCUT2D eigenvalue weighted by Crippen LogP contribution is 2.25. The maximum atomic E-state index is 13.7. The molecule has 0 spiro atoms. The Bertz CT molecular complexity index is 685. The standard InChI is InChI=1S/C16H18FN3O/c1-10-7-8-14(11(2)9-10)20(3)16(21)12-5-4-6-13(17)15(12)19-18/h4-9,19H,18H2,1-3H3. The predicted molar refractivity (Wildman–Crippen MR) is 82.9 cm³/mol.